The van der Waals surface area contributed by atoms with Crippen LogP contribution in [0, 0.1) is 0 Å². The fraction of sp³-hybridized carbons (Fsp3) is 1.00. The molecule has 9 heteroatoms. The molecule has 0 saturated heterocycles. The molecule has 25 heavy (non-hydrogen) atoms. The van der Waals surface area contributed by atoms with E-state index in [4.69, 9.17) is 33.2 Å². The Labute approximate surface area is 168 Å². The van der Waals surface area contributed by atoms with Gasteiger partial charge in [-0.3, -0.25) is 0 Å². The summed E-state index contributed by atoms with van der Waals surface area (Å²) in [6.45, 7) is 8.33. The van der Waals surface area contributed by atoms with Gasteiger partial charge in [0.25, 0.3) is 0 Å². The van der Waals surface area contributed by atoms with Crippen LogP contribution in [0.25, 0.3) is 0 Å². The van der Waals surface area contributed by atoms with E-state index in [2.05, 4.69) is 31.9 Å². The summed E-state index contributed by atoms with van der Waals surface area (Å²) in [6, 6.07) is 0. The van der Waals surface area contributed by atoms with Gasteiger partial charge in [0.1, 0.15) is 0 Å². The van der Waals surface area contributed by atoms with E-state index in [1.54, 1.807) is 0 Å². The molecular formula is C16H32Br2O7. The van der Waals surface area contributed by atoms with Crippen molar-refractivity contribution in [3.05, 3.63) is 0 Å². The normalized spacial score (nSPS) is 11.3. The molecule has 152 valence electrons. The van der Waals surface area contributed by atoms with E-state index in [0.717, 1.165) is 10.7 Å². The van der Waals surface area contributed by atoms with Gasteiger partial charge in [-0.2, -0.15) is 0 Å². The fourth-order valence-corrected chi connectivity index (χ4v) is 1.99. The largest absolute Gasteiger partial charge is 0.378 e. The molecule has 0 aliphatic heterocycles. The van der Waals surface area contributed by atoms with Crippen molar-refractivity contribution < 1.29 is 33.2 Å². The lowest BCUT2D eigenvalue weighted by Crippen LogP contribution is -2.14. The van der Waals surface area contributed by atoms with Crippen LogP contribution in [0.3, 0.4) is 0 Å². The second kappa shape index (κ2) is 24.7. The van der Waals surface area contributed by atoms with Crippen LogP contribution >= 0.6 is 31.9 Å². The van der Waals surface area contributed by atoms with Crippen LogP contribution in [-0.2, 0) is 33.2 Å². The van der Waals surface area contributed by atoms with E-state index in [1.165, 1.54) is 0 Å². The summed E-state index contributed by atoms with van der Waals surface area (Å²) in [5, 5.41) is 1.70. The predicted molar refractivity (Wildman–Crippen MR) is 103 cm³/mol. The molecule has 0 saturated carbocycles. The van der Waals surface area contributed by atoms with Gasteiger partial charge in [0.05, 0.1) is 92.5 Å². The van der Waals surface area contributed by atoms with Crippen molar-refractivity contribution in [2.45, 2.75) is 0 Å². The highest BCUT2D eigenvalue weighted by Gasteiger charge is 1.94. The fourth-order valence-electron chi connectivity index (χ4n) is 1.53. The molecular weight excluding hydrogens is 464 g/mol. The standard InChI is InChI=1S/C16H32Br2O7/c17-1-3-19-5-7-21-9-11-23-13-15-25-16-14-24-12-10-22-8-6-20-4-2-18/h1-16H2. The summed E-state index contributed by atoms with van der Waals surface area (Å²) in [5.41, 5.74) is 0. The van der Waals surface area contributed by atoms with Crippen molar-refractivity contribution in [2.24, 2.45) is 0 Å². The molecule has 7 nitrogen and oxygen atoms in total. The minimum atomic E-state index is 0.555. The number of halogens is 2. The highest BCUT2D eigenvalue weighted by molar-refractivity contribution is 9.09. The molecule has 0 fully saturated rings. The smallest absolute Gasteiger partial charge is 0.0701 e. The van der Waals surface area contributed by atoms with Gasteiger partial charge in [-0.1, -0.05) is 31.9 Å². The maximum atomic E-state index is 5.40. The monoisotopic (exact) mass is 494 g/mol. The third-order valence-corrected chi connectivity index (χ3v) is 3.32. The van der Waals surface area contributed by atoms with Gasteiger partial charge in [0.2, 0.25) is 0 Å². The Balaban J connectivity index is 2.94. The first-order valence-electron chi connectivity index (χ1n) is 8.58. The zero-order chi connectivity index (χ0) is 18.3. The van der Waals surface area contributed by atoms with E-state index in [9.17, 15) is 0 Å². The van der Waals surface area contributed by atoms with Crippen LogP contribution < -0.4 is 0 Å². The zero-order valence-corrected chi connectivity index (χ0v) is 18.1. The van der Waals surface area contributed by atoms with E-state index in [1.807, 2.05) is 0 Å². The third kappa shape index (κ3) is 24.7. The Bertz CT molecular complexity index is 217. The van der Waals surface area contributed by atoms with Gasteiger partial charge < -0.3 is 33.2 Å². The lowest BCUT2D eigenvalue weighted by molar-refractivity contribution is -0.0195. The van der Waals surface area contributed by atoms with Gasteiger partial charge in [-0.25, -0.2) is 0 Å². The van der Waals surface area contributed by atoms with Crippen molar-refractivity contribution in [3.63, 3.8) is 0 Å². The Morgan fingerprint density at radius 1 is 0.280 bits per heavy atom. The van der Waals surface area contributed by atoms with Crippen LogP contribution in [0.5, 0.6) is 0 Å². The Morgan fingerprint density at radius 2 is 0.440 bits per heavy atom. The molecule has 0 heterocycles. The molecule has 0 unspecified atom stereocenters. The maximum absolute atomic E-state index is 5.40. The topological polar surface area (TPSA) is 64.6 Å². The lowest BCUT2D eigenvalue weighted by Gasteiger charge is -2.08. The van der Waals surface area contributed by atoms with Gasteiger partial charge in [-0.15, -0.1) is 0 Å². The number of alkyl halides is 2. The van der Waals surface area contributed by atoms with E-state index >= 15 is 0 Å². The molecule has 0 aliphatic carbocycles. The third-order valence-electron chi connectivity index (χ3n) is 2.68. The molecule has 0 rings (SSSR count). The van der Waals surface area contributed by atoms with Crippen LogP contribution in [0.1, 0.15) is 0 Å². The second-order valence-corrected chi connectivity index (χ2v) is 6.25. The molecule has 0 spiro atoms. The number of ether oxygens (including phenoxy) is 7. The first-order chi connectivity index (χ1) is 12.4. The highest BCUT2D eigenvalue weighted by atomic mass is 79.9. The number of hydrogen-bond acceptors (Lipinski definition) is 7. The van der Waals surface area contributed by atoms with Gasteiger partial charge >= 0.3 is 0 Å². The Kier molecular flexibility index (Phi) is 25.4. The molecule has 0 atom stereocenters. The van der Waals surface area contributed by atoms with Gasteiger partial charge in [0, 0.05) is 10.7 Å². The van der Waals surface area contributed by atoms with Crippen molar-refractivity contribution in [1.82, 2.24) is 0 Å². The summed E-state index contributed by atoms with van der Waals surface area (Å²) in [7, 11) is 0. The summed E-state index contributed by atoms with van der Waals surface area (Å²) in [6.07, 6.45) is 0. The first kappa shape index (κ1) is 25.7. The van der Waals surface area contributed by atoms with E-state index in [0.29, 0.717) is 92.5 Å². The molecule has 0 aromatic carbocycles. The molecule has 0 aliphatic rings. The van der Waals surface area contributed by atoms with Crippen molar-refractivity contribution in [2.75, 3.05) is 103 Å². The average Bonchev–Trinajstić information content (AvgIpc) is 2.63. The molecule has 0 aromatic rings. The first-order valence-corrected chi connectivity index (χ1v) is 10.8. The minimum absolute atomic E-state index is 0.555. The zero-order valence-electron chi connectivity index (χ0n) is 14.9. The van der Waals surface area contributed by atoms with Crippen LogP contribution in [0.15, 0.2) is 0 Å². The van der Waals surface area contributed by atoms with Crippen LogP contribution in [0.2, 0.25) is 0 Å². The van der Waals surface area contributed by atoms with Crippen molar-refractivity contribution in [1.29, 1.82) is 0 Å². The van der Waals surface area contributed by atoms with Crippen LogP contribution in [0.4, 0.5) is 0 Å². The molecule has 0 aromatic heterocycles. The minimum Gasteiger partial charge on any atom is -0.378 e. The van der Waals surface area contributed by atoms with Crippen molar-refractivity contribution >= 4 is 31.9 Å². The van der Waals surface area contributed by atoms with E-state index in [-0.39, 0.29) is 0 Å². The SMILES string of the molecule is BrCCOCCOCCOCCOCCOCCOCCOCCBr. The number of hydrogen-bond donors (Lipinski definition) is 0. The predicted octanol–water partition coefficient (Wildman–Crippen LogP) is 1.89. The van der Waals surface area contributed by atoms with Crippen LogP contribution in [-0.4, -0.2) is 103 Å². The van der Waals surface area contributed by atoms with E-state index < -0.39 is 0 Å². The quantitative estimate of drug-likeness (QED) is 0.168. The molecule has 0 N–H and O–H groups in total. The molecule has 0 amide bonds. The number of rotatable bonds is 22. The molecule has 0 bridgehead atoms. The highest BCUT2D eigenvalue weighted by Crippen LogP contribution is 1.86. The van der Waals surface area contributed by atoms with Gasteiger partial charge in [0.15, 0.2) is 0 Å². The average molecular weight is 496 g/mol. The summed E-state index contributed by atoms with van der Waals surface area (Å²) in [4.78, 5) is 0. The summed E-state index contributed by atoms with van der Waals surface area (Å²) < 4.78 is 37.4. The lowest BCUT2D eigenvalue weighted by atomic mass is 10.6. The Morgan fingerprint density at radius 3 is 0.600 bits per heavy atom. The Hall–Kier alpha value is 0.680. The molecule has 0 radical (unpaired) electrons. The van der Waals surface area contributed by atoms with Crippen molar-refractivity contribution in [3.8, 4) is 0 Å². The summed E-state index contributed by atoms with van der Waals surface area (Å²) in [5.74, 6) is 0. The second-order valence-electron chi connectivity index (χ2n) is 4.66. The maximum Gasteiger partial charge on any atom is 0.0701 e. The summed E-state index contributed by atoms with van der Waals surface area (Å²) >= 11 is 6.58. The van der Waals surface area contributed by atoms with Gasteiger partial charge in [-0.05, 0) is 0 Å².